The van der Waals surface area contributed by atoms with E-state index in [0.29, 0.717) is 46.1 Å². The normalized spacial score (nSPS) is 15.3. The van der Waals surface area contributed by atoms with Crippen LogP contribution in [0.25, 0.3) is 11.1 Å². The molecule has 3 aromatic rings. The van der Waals surface area contributed by atoms with Crippen LogP contribution in [0, 0.1) is 5.41 Å². The molecule has 0 bridgehead atoms. The molecule has 11 heteroatoms. The molecule has 168 valence electrons. The third-order valence-electron chi connectivity index (χ3n) is 4.81. The average Bonchev–Trinajstić information content (AvgIpc) is 3.15. The number of hydrogen-bond acceptors (Lipinski definition) is 6. The Morgan fingerprint density at radius 2 is 2.16 bits per heavy atom. The van der Waals surface area contributed by atoms with Crippen molar-refractivity contribution >= 4 is 34.7 Å². The number of anilines is 1. The lowest BCUT2D eigenvalue weighted by atomic mass is 9.94. The minimum absolute atomic E-state index is 0.0821. The minimum Gasteiger partial charge on any atom is -0.588 e. The first kappa shape index (κ1) is 22.3. The first-order valence-corrected chi connectivity index (χ1v) is 11.3. The van der Waals surface area contributed by atoms with Crippen LogP contribution in [0.5, 0.6) is 11.8 Å². The molecular weight excluding hydrogens is 454 g/mol. The van der Waals surface area contributed by atoms with Gasteiger partial charge >= 0.3 is 6.03 Å². The fraction of sp³-hybridized carbons (Fsp3) is 0.286. The standard InChI is InChI=1S/C21H22ClN5O4S/c1-21(2)11-27-19(31-12-21)17(10-24-27)32(29)26-20(28)25-16-9-14(22)4-5-15(16)13-6-7-23-18(8-13)30-3/h4-10H,11-12H2,1-3H3,(H2,25,26,28)/t32-/m1/s1. The molecular formula is C21H22ClN5O4S. The molecule has 0 unspecified atom stereocenters. The number of pyridine rings is 1. The second-order valence-electron chi connectivity index (χ2n) is 8.03. The zero-order chi connectivity index (χ0) is 22.9. The number of amides is 2. The minimum atomic E-state index is -1.87. The quantitative estimate of drug-likeness (QED) is 0.541. The third-order valence-corrected chi connectivity index (χ3v) is 6.09. The molecule has 0 fully saturated rings. The molecule has 1 atom stereocenters. The van der Waals surface area contributed by atoms with Crippen LogP contribution in [0.4, 0.5) is 10.5 Å². The van der Waals surface area contributed by atoms with E-state index < -0.39 is 17.4 Å². The fourth-order valence-electron chi connectivity index (χ4n) is 3.30. The summed E-state index contributed by atoms with van der Waals surface area (Å²) in [5.41, 5.74) is 1.83. The van der Waals surface area contributed by atoms with Crippen molar-refractivity contribution in [2.24, 2.45) is 5.41 Å². The summed E-state index contributed by atoms with van der Waals surface area (Å²) in [6.07, 6.45) is 3.05. The number of halogens is 1. The highest BCUT2D eigenvalue weighted by Gasteiger charge is 2.34. The topological polar surface area (TPSA) is 113 Å². The Morgan fingerprint density at radius 3 is 2.94 bits per heavy atom. The Labute approximate surface area is 193 Å². The van der Waals surface area contributed by atoms with E-state index >= 15 is 0 Å². The van der Waals surface area contributed by atoms with Crippen molar-refractivity contribution < 1.29 is 18.8 Å². The lowest BCUT2D eigenvalue weighted by Crippen LogP contribution is -2.36. The number of fused-ring (bicyclic) bond motifs is 1. The van der Waals surface area contributed by atoms with Gasteiger partial charge < -0.3 is 19.3 Å². The maximum atomic E-state index is 12.8. The van der Waals surface area contributed by atoms with E-state index in [-0.39, 0.29) is 5.41 Å². The van der Waals surface area contributed by atoms with Crippen molar-refractivity contribution in [3.63, 3.8) is 0 Å². The van der Waals surface area contributed by atoms with Crippen LogP contribution >= 0.6 is 11.6 Å². The highest BCUT2D eigenvalue weighted by molar-refractivity contribution is 7.90. The van der Waals surface area contributed by atoms with Crippen molar-refractivity contribution in [3.05, 3.63) is 47.7 Å². The van der Waals surface area contributed by atoms with E-state index in [1.807, 2.05) is 0 Å². The van der Waals surface area contributed by atoms with Crippen molar-refractivity contribution in [1.29, 1.82) is 0 Å². The van der Waals surface area contributed by atoms with Gasteiger partial charge in [-0.1, -0.05) is 31.5 Å². The molecule has 3 heterocycles. The van der Waals surface area contributed by atoms with E-state index in [4.69, 9.17) is 21.1 Å². The van der Waals surface area contributed by atoms with Crippen LogP contribution in [0.1, 0.15) is 13.8 Å². The van der Waals surface area contributed by atoms with Crippen LogP contribution in [-0.4, -0.2) is 39.1 Å². The number of carbonyl (C=O) groups excluding carboxylic acids is 1. The van der Waals surface area contributed by atoms with Crippen molar-refractivity contribution in [2.75, 3.05) is 19.0 Å². The van der Waals surface area contributed by atoms with E-state index in [1.165, 1.54) is 13.3 Å². The molecule has 32 heavy (non-hydrogen) atoms. The number of aromatic nitrogens is 3. The molecule has 2 N–H and O–H groups in total. The van der Waals surface area contributed by atoms with Gasteiger partial charge in [0.05, 0.1) is 25.9 Å². The van der Waals surface area contributed by atoms with Gasteiger partial charge in [-0.15, -0.1) is 4.72 Å². The number of methoxy groups -OCH3 is 1. The smallest absolute Gasteiger partial charge is 0.361 e. The highest BCUT2D eigenvalue weighted by Crippen LogP contribution is 2.34. The summed E-state index contributed by atoms with van der Waals surface area (Å²) in [6.45, 7) is 5.21. The first-order chi connectivity index (χ1) is 15.3. The number of ether oxygens (including phenoxy) is 2. The van der Waals surface area contributed by atoms with Gasteiger partial charge in [0.1, 0.15) is 17.6 Å². The fourth-order valence-corrected chi connectivity index (χ4v) is 4.27. The summed E-state index contributed by atoms with van der Waals surface area (Å²) in [6, 6.07) is 7.95. The lowest BCUT2D eigenvalue weighted by molar-refractivity contribution is 0.0970. The summed E-state index contributed by atoms with van der Waals surface area (Å²) < 4.78 is 27.8. The van der Waals surface area contributed by atoms with Gasteiger partial charge in [0.2, 0.25) is 5.88 Å². The molecule has 2 amide bonds. The van der Waals surface area contributed by atoms with Crippen LogP contribution in [-0.2, 0) is 17.9 Å². The van der Waals surface area contributed by atoms with Gasteiger partial charge in [-0.3, -0.25) is 0 Å². The summed E-state index contributed by atoms with van der Waals surface area (Å²) >= 11 is 4.27. The summed E-state index contributed by atoms with van der Waals surface area (Å²) in [7, 11) is 1.52. The predicted molar refractivity (Wildman–Crippen MR) is 121 cm³/mol. The molecule has 0 saturated heterocycles. The number of nitrogens with one attached hydrogen (secondary N) is 2. The second-order valence-corrected chi connectivity index (χ2v) is 9.64. The lowest BCUT2D eigenvalue weighted by Gasteiger charge is -2.30. The number of carbonyl (C=O) groups is 1. The number of nitrogens with zero attached hydrogens (tertiary/aromatic N) is 3. The maximum absolute atomic E-state index is 12.8. The molecule has 9 nitrogen and oxygen atoms in total. The average molecular weight is 476 g/mol. The third kappa shape index (κ3) is 4.77. The largest absolute Gasteiger partial charge is 0.588 e. The monoisotopic (exact) mass is 475 g/mol. The summed E-state index contributed by atoms with van der Waals surface area (Å²) in [5, 5.41) is 7.39. The number of rotatable bonds is 5. The molecule has 1 aliphatic rings. The van der Waals surface area contributed by atoms with Crippen molar-refractivity contribution in [2.45, 2.75) is 25.3 Å². The molecule has 4 rings (SSSR count). The zero-order valence-electron chi connectivity index (χ0n) is 17.7. The van der Waals surface area contributed by atoms with Crippen LogP contribution < -0.4 is 19.5 Å². The molecule has 0 radical (unpaired) electrons. The van der Waals surface area contributed by atoms with Crippen LogP contribution in [0.2, 0.25) is 5.02 Å². The van der Waals surface area contributed by atoms with Crippen molar-refractivity contribution in [1.82, 2.24) is 19.5 Å². The maximum Gasteiger partial charge on any atom is 0.361 e. The molecule has 1 aliphatic heterocycles. The Kier molecular flexibility index (Phi) is 6.18. The number of hydrogen-bond donors (Lipinski definition) is 2. The van der Waals surface area contributed by atoms with Gasteiger partial charge in [-0.25, -0.2) is 14.5 Å². The van der Waals surface area contributed by atoms with E-state index in [0.717, 1.165) is 5.56 Å². The van der Waals surface area contributed by atoms with Crippen molar-refractivity contribution in [3.8, 4) is 22.9 Å². The highest BCUT2D eigenvalue weighted by atomic mass is 35.5. The molecule has 1 aromatic carbocycles. The first-order valence-electron chi connectivity index (χ1n) is 9.74. The number of benzene rings is 1. The van der Waals surface area contributed by atoms with Gasteiger partial charge in [0, 0.05) is 28.3 Å². The number of urea groups is 1. The molecule has 0 saturated carbocycles. The summed E-state index contributed by atoms with van der Waals surface area (Å²) in [5.74, 6) is 0.832. The van der Waals surface area contributed by atoms with E-state index in [2.05, 4.69) is 34.0 Å². The Bertz CT molecular complexity index is 1150. The molecule has 0 spiro atoms. The second kappa shape index (κ2) is 8.89. The SMILES string of the molecule is COc1cc(-c2ccc(Cl)cc2NC(=O)N[S@+]([O-])c2cnn3c2OCC(C)(C)C3)ccn1. The van der Waals surface area contributed by atoms with E-state index in [1.54, 1.807) is 41.2 Å². The predicted octanol–water partition coefficient (Wildman–Crippen LogP) is 3.87. The van der Waals surface area contributed by atoms with Crippen LogP contribution in [0.15, 0.2) is 47.6 Å². The Hall–Kier alpha value is -2.95. The molecule has 0 aliphatic carbocycles. The van der Waals surface area contributed by atoms with Crippen LogP contribution in [0.3, 0.4) is 0 Å². The van der Waals surface area contributed by atoms with E-state index in [9.17, 15) is 9.35 Å². The summed E-state index contributed by atoms with van der Waals surface area (Å²) in [4.78, 5) is 17.0. The van der Waals surface area contributed by atoms with Gasteiger partial charge in [-0.05, 0) is 23.8 Å². The van der Waals surface area contributed by atoms with Gasteiger partial charge in [0.25, 0.3) is 10.8 Å². The van der Waals surface area contributed by atoms with Gasteiger partial charge in [-0.2, -0.15) is 5.10 Å². The molecule has 2 aromatic heterocycles. The Balaban J connectivity index is 1.51. The Morgan fingerprint density at radius 1 is 1.34 bits per heavy atom. The zero-order valence-corrected chi connectivity index (χ0v) is 19.3. The van der Waals surface area contributed by atoms with Gasteiger partial charge in [0.15, 0.2) is 0 Å².